The molecule has 3 aliphatic rings. The Balaban J connectivity index is 1.26. The molecule has 0 unspecified atom stereocenters. The van der Waals surface area contributed by atoms with Crippen LogP contribution in [-0.2, 0) is 16.1 Å². The van der Waals surface area contributed by atoms with E-state index >= 15 is 0 Å². The average Bonchev–Trinajstić information content (AvgIpc) is 3.47. The quantitative estimate of drug-likeness (QED) is 0.714. The van der Waals surface area contributed by atoms with Crippen LogP contribution >= 0.6 is 0 Å². The third kappa shape index (κ3) is 4.17. The highest BCUT2D eigenvalue weighted by molar-refractivity contribution is 5.93. The molecule has 2 amide bonds. The molecule has 6 nitrogen and oxygen atoms in total. The monoisotopic (exact) mass is 409 g/mol. The standard InChI is InChI=1S/C24H31N3O3/c1-3-6-22(28)26-11-9-24(10-12-26)17-20(24)23(29)27-15-13-25(14-16-27)18-19-7-4-5-8-21(19)30-2/h4-5,7-8,20H,9-18H2,1-2H3/t20-/m0/s1. The van der Waals surface area contributed by atoms with E-state index in [4.69, 9.17) is 4.74 Å². The Bertz CT molecular complexity index is 856. The second-order valence-electron chi connectivity index (χ2n) is 8.70. The van der Waals surface area contributed by atoms with Crippen LogP contribution in [0.25, 0.3) is 0 Å². The first-order chi connectivity index (χ1) is 14.6. The molecule has 0 N–H and O–H groups in total. The average molecular weight is 410 g/mol. The molecule has 1 atom stereocenters. The second kappa shape index (κ2) is 8.69. The minimum absolute atomic E-state index is 0.0814. The Morgan fingerprint density at radius 2 is 1.77 bits per heavy atom. The predicted octanol–water partition coefficient (Wildman–Crippen LogP) is 1.99. The first kappa shape index (κ1) is 20.7. The van der Waals surface area contributed by atoms with Gasteiger partial charge in [-0.15, -0.1) is 0 Å². The highest BCUT2D eigenvalue weighted by Gasteiger charge is 2.59. The number of piperazine rings is 1. The van der Waals surface area contributed by atoms with E-state index in [1.807, 2.05) is 23.1 Å². The number of amides is 2. The molecule has 0 bridgehead atoms. The molecule has 4 rings (SSSR count). The number of likely N-dealkylation sites (tertiary alicyclic amines) is 1. The summed E-state index contributed by atoms with van der Waals surface area (Å²) in [5, 5.41) is 0. The summed E-state index contributed by atoms with van der Waals surface area (Å²) in [5.74, 6) is 6.62. The van der Waals surface area contributed by atoms with Gasteiger partial charge in [-0.05, 0) is 43.6 Å². The second-order valence-corrected chi connectivity index (χ2v) is 8.70. The topological polar surface area (TPSA) is 53.1 Å². The number of benzene rings is 1. The number of hydrogen-bond donors (Lipinski definition) is 0. The summed E-state index contributed by atoms with van der Waals surface area (Å²) in [6.45, 7) is 7.35. The van der Waals surface area contributed by atoms with Crippen molar-refractivity contribution in [3.63, 3.8) is 0 Å². The van der Waals surface area contributed by atoms with E-state index in [0.717, 1.165) is 70.8 Å². The molecule has 2 heterocycles. The number of hydrogen-bond acceptors (Lipinski definition) is 4. The van der Waals surface area contributed by atoms with Gasteiger partial charge in [0.05, 0.1) is 7.11 Å². The van der Waals surface area contributed by atoms with Gasteiger partial charge in [0.1, 0.15) is 5.75 Å². The predicted molar refractivity (Wildman–Crippen MR) is 115 cm³/mol. The summed E-state index contributed by atoms with van der Waals surface area (Å²) < 4.78 is 5.46. The first-order valence-corrected chi connectivity index (χ1v) is 10.9. The van der Waals surface area contributed by atoms with Crippen LogP contribution in [0.5, 0.6) is 5.75 Å². The number of piperidine rings is 1. The lowest BCUT2D eigenvalue weighted by Crippen LogP contribution is -2.49. The summed E-state index contributed by atoms with van der Waals surface area (Å²) in [6.07, 6.45) is 2.83. The molecule has 2 aliphatic heterocycles. The van der Waals surface area contributed by atoms with Crippen molar-refractivity contribution >= 4 is 11.8 Å². The third-order valence-electron chi connectivity index (χ3n) is 7.04. The lowest BCUT2D eigenvalue weighted by Gasteiger charge is -2.36. The lowest BCUT2D eigenvalue weighted by atomic mass is 9.90. The first-order valence-electron chi connectivity index (χ1n) is 10.9. The SMILES string of the molecule is CC#CC(=O)N1CCC2(CC1)C[C@H]2C(=O)N1CCN(Cc2ccccc2OC)CC1. The summed E-state index contributed by atoms with van der Waals surface area (Å²) in [6, 6.07) is 8.13. The lowest BCUT2D eigenvalue weighted by molar-refractivity contribution is -0.135. The number of methoxy groups -OCH3 is 1. The number of ether oxygens (including phenoxy) is 1. The molecular formula is C24H31N3O3. The smallest absolute Gasteiger partial charge is 0.298 e. The fourth-order valence-electron chi connectivity index (χ4n) is 5.01. The van der Waals surface area contributed by atoms with E-state index in [0.29, 0.717) is 5.91 Å². The van der Waals surface area contributed by atoms with Gasteiger partial charge in [-0.3, -0.25) is 14.5 Å². The zero-order chi connectivity index (χ0) is 21.1. The van der Waals surface area contributed by atoms with Crippen LogP contribution < -0.4 is 4.74 Å². The molecule has 30 heavy (non-hydrogen) atoms. The van der Waals surface area contributed by atoms with Gasteiger partial charge in [-0.2, -0.15) is 0 Å². The van der Waals surface area contributed by atoms with Crippen LogP contribution in [0.3, 0.4) is 0 Å². The Morgan fingerprint density at radius 3 is 2.43 bits per heavy atom. The molecule has 3 fully saturated rings. The van der Waals surface area contributed by atoms with Gasteiger partial charge in [0.2, 0.25) is 5.91 Å². The molecule has 1 aromatic rings. The van der Waals surface area contributed by atoms with Crippen LogP contribution in [0, 0.1) is 23.2 Å². The molecule has 1 saturated carbocycles. The maximum Gasteiger partial charge on any atom is 0.298 e. The minimum Gasteiger partial charge on any atom is -0.496 e. The fourth-order valence-corrected chi connectivity index (χ4v) is 5.01. The Hall–Kier alpha value is -2.52. The summed E-state index contributed by atoms with van der Waals surface area (Å²) >= 11 is 0. The van der Waals surface area contributed by atoms with Crippen LogP contribution in [-0.4, -0.2) is 72.9 Å². The molecule has 160 valence electrons. The highest BCUT2D eigenvalue weighted by Crippen LogP contribution is 2.60. The molecule has 1 aromatic carbocycles. The van der Waals surface area contributed by atoms with Gasteiger partial charge in [0.25, 0.3) is 5.91 Å². The Labute approximate surface area is 179 Å². The fraction of sp³-hybridized carbons (Fsp3) is 0.583. The van der Waals surface area contributed by atoms with Gasteiger partial charge in [-0.1, -0.05) is 24.1 Å². The van der Waals surface area contributed by atoms with Crippen molar-refractivity contribution in [3.05, 3.63) is 29.8 Å². The largest absolute Gasteiger partial charge is 0.496 e. The van der Waals surface area contributed by atoms with Crippen LogP contribution in [0.15, 0.2) is 24.3 Å². The number of carbonyl (C=O) groups is 2. The zero-order valence-corrected chi connectivity index (χ0v) is 18.0. The normalized spacial score (nSPS) is 22.9. The maximum atomic E-state index is 13.1. The maximum absolute atomic E-state index is 13.1. The van der Waals surface area contributed by atoms with Gasteiger partial charge in [0.15, 0.2) is 0 Å². The minimum atomic E-state index is -0.0814. The van der Waals surface area contributed by atoms with Crippen molar-refractivity contribution in [3.8, 4) is 17.6 Å². The van der Waals surface area contributed by atoms with Gasteiger partial charge in [0, 0.05) is 57.3 Å². The van der Waals surface area contributed by atoms with E-state index < -0.39 is 0 Å². The molecule has 1 spiro atoms. The molecule has 0 aromatic heterocycles. The molecule has 6 heteroatoms. The summed E-state index contributed by atoms with van der Waals surface area (Å²) in [7, 11) is 1.71. The number of rotatable bonds is 4. The Kier molecular flexibility index (Phi) is 6.01. The van der Waals surface area contributed by atoms with Gasteiger partial charge < -0.3 is 14.5 Å². The van der Waals surface area contributed by atoms with Gasteiger partial charge >= 0.3 is 0 Å². The summed E-state index contributed by atoms with van der Waals surface area (Å²) in [5.41, 5.74) is 1.32. The Morgan fingerprint density at radius 1 is 1.07 bits per heavy atom. The van der Waals surface area contributed by atoms with E-state index in [1.54, 1.807) is 14.0 Å². The van der Waals surface area contributed by atoms with E-state index in [-0.39, 0.29) is 17.2 Å². The van der Waals surface area contributed by atoms with Crippen molar-refractivity contribution in [2.45, 2.75) is 32.7 Å². The van der Waals surface area contributed by atoms with Crippen LogP contribution in [0.1, 0.15) is 31.7 Å². The van der Waals surface area contributed by atoms with Crippen molar-refractivity contribution in [2.24, 2.45) is 11.3 Å². The zero-order valence-electron chi connectivity index (χ0n) is 18.0. The number of nitrogens with zero attached hydrogens (tertiary/aromatic N) is 3. The van der Waals surface area contributed by atoms with Crippen molar-refractivity contribution in [2.75, 3.05) is 46.4 Å². The van der Waals surface area contributed by atoms with Crippen LogP contribution in [0.4, 0.5) is 0 Å². The van der Waals surface area contributed by atoms with Crippen molar-refractivity contribution in [1.29, 1.82) is 0 Å². The number of para-hydroxylation sites is 1. The molecule has 2 saturated heterocycles. The third-order valence-corrected chi connectivity index (χ3v) is 7.04. The van der Waals surface area contributed by atoms with E-state index in [2.05, 4.69) is 27.7 Å². The highest BCUT2D eigenvalue weighted by atomic mass is 16.5. The van der Waals surface area contributed by atoms with Crippen molar-refractivity contribution in [1.82, 2.24) is 14.7 Å². The van der Waals surface area contributed by atoms with E-state index in [9.17, 15) is 9.59 Å². The van der Waals surface area contributed by atoms with Crippen molar-refractivity contribution < 1.29 is 14.3 Å². The molecule has 1 aliphatic carbocycles. The van der Waals surface area contributed by atoms with Crippen LogP contribution in [0.2, 0.25) is 0 Å². The van der Waals surface area contributed by atoms with E-state index in [1.165, 1.54) is 5.56 Å². The number of carbonyl (C=O) groups excluding carboxylic acids is 2. The molecular weight excluding hydrogens is 378 g/mol. The van der Waals surface area contributed by atoms with Gasteiger partial charge in [-0.25, -0.2) is 0 Å². The molecule has 0 radical (unpaired) electrons. The summed E-state index contributed by atoms with van der Waals surface area (Å²) in [4.78, 5) is 31.3.